The molecular weight excluding hydrogens is 193 g/mol. The first-order valence-electron chi connectivity index (χ1n) is 2.76. The van der Waals surface area contributed by atoms with Gasteiger partial charge in [0.15, 0.2) is 17.5 Å². The predicted octanol–water partition coefficient (Wildman–Crippen LogP) is 1.34. The van der Waals surface area contributed by atoms with Crippen LogP contribution in [0.3, 0.4) is 0 Å². The fourth-order valence-electron chi connectivity index (χ4n) is 0.628. The zero-order valence-corrected chi connectivity index (χ0v) is 6.33. The lowest BCUT2D eigenvalue weighted by Crippen LogP contribution is -1.96. The van der Waals surface area contributed by atoms with E-state index < -0.39 is 33.4 Å². The molecule has 1 unspecified atom stereocenters. The van der Waals surface area contributed by atoms with Gasteiger partial charge in [-0.1, -0.05) is 0 Å². The van der Waals surface area contributed by atoms with Crippen molar-refractivity contribution in [2.24, 2.45) is 0 Å². The van der Waals surface area contributed by atoms with Crippen LogP contribution < -0.4 is 0 Å². The van der Waals surface area contributed by atoms with Crippen molar-refractivity contribution < 1.29 is 21.9 Å². The highest BCUT2D eigenvalue weighted by molar-refractivity contribution is 7.79. The van der Waals surface area contributed by atoms with Crippen LogP contribution in [-0.2, 0) is 11.1 Å². The van der Waals surface area contributed by atoms with E-state index in [4.69, 9.17) is 0 Å². The summed E-state index contributed by atoms with van der Waals surface area (Å²) in [4.78, 5) is -0.619. The third kappa shape index (κ3) is 1.64. The monoisotopic (exact) mass is 195 g/mol. The molecule has 0 saturated heterocycles. The molecule has 0 fully saturated rings. The van der Waals surface area contributed by atoms with Gasteiger partial charge in [-0.05, 0) is 23.2 Å². The van der Waals surface area contributed by atoms with Crippen molar-refractivity contribution in [3.05, 3.63) is 29.6 Å². The van der Waals surface area contributed by atoms with Crippen LogP contribution in [0.1, 0.15) is 0 Å². The Morgan fingerprint density at radius 3 is 1.92 bits per heavy atom. The minimum Gasteiger partial charge on any atom is -0.768 e. The molecule has 6 heteroatoms. The molecule has 0 bridgehead atoms. The lowest BCUT2D eigenvalue weighted by atomic mass is 10.3. The van der Waals surface area contributed by atoms with Crippen molar-refractivity contribution in [2.45, 2.75) is 4.90 Å². The summed E-state index contributed by atoms with van der Waals surface area (Å²) in [6.45, 7) is 0. The average molecular weight is 195 g/mol. The maximum Gasteiger partial charge on any atom is 0.194 e. The highest BCUT2D eigenvalue weighted by Gasteiger charge is 2.10. The van der Waals surface area contributed by atoms with Crippen molar-refractivity contribution in [3.63, 3.8) is 0 Å². The highest BCUT2D eigenvalue weighted by Crippen LogP contribution is 2.15. The molecule has 12 heavy (non-hydrogen) atoms. The molecule has 66 valence electrons. The lowest BCUT2D eigenvalue weighted by molar-refractivity contribution is 0.441. The van der Waals surface area contributed by atoms with Gasteiger partial charge in [-0.25, -0.2) is 13.2 Å². The van der Waals surface area contributed by atoms with Crippen molar-refractivity contribution >= 4 is 11.1 Å². The average Bonchev–Trinajstić information content (AvgIpc) is 1.99. The fraction of sp³-hybridized carbons (Fsp3) is 0. The summed E-state index contributed by atoms with van der Waals surface area (Å²) >= 11 is -2.75. The summed E-state index contributed by atoms with van der Waals surface area (Å²) in [5.41, 5.74) is 0. The van der Waals surface area contributed by atoms with Crippen molar-refractivity contribution in [2.75, 3.05) is 0 Å². The van der Waals surface area contributed by atoms with Crippen molar-refractivity contribution in [3.8, 4) is 0 Å². The molecule has 0 amide bonds. The summed E-state index contributed by atoms with van der Waals surface area (Å²) in [6, 6.07) is 0.809. The second-order valence-electron chi connectivity index (χ2n) is 1.94. The molecule has 1 rings (SSSR count). The highest BCUT2D eigenvalue weighted by atomic mass is 32.2. The van der Waals surface area contributed by atoms with Gasteiger partial charge in [-0.3, -0.25) is 4.21 Å². The van der Waals surface area contributed by atoms with Crippen LogP contribution >= 0.6 is 0 Å². The molecule has 0 spiro atoms. The largest absolute Gasteiger partial charge is 0.768 e. The van der Waals surface area contributed by atoms with Gasteiger partial charge in [0.1, 0.15) is 0 Å². The number of hydrogen-bond acceptors (Lipinski definition) is 2. The van der Waals surface area contributed by atoms with E-state index in [1.54, 1.807) is 0 Å². The second kappa shape index (κ2) is 3.24. The molecule has 0 aliphatic rings. The summed E-state index contributed by atoms with van der Waals surface area (Å²) in [6.07, 6.45) is 0. The van der Waals surface area contributed by atoms with Gasteiger partial charge >= 0.3 is 0 Å². The molecule has 1 atom stereocenters. The van der Waals surface area contributed by atoms with Crippen LogP contribution in [-0.4, -0.2) is 8.76 Å². The third-order valence-electron chi connectivity index (χ3n) is 1.15. The molecule has 0 aromatic heterocycles. The number of hydrogen-bond donors (Lipinski definition) is 0. The molecule has 0 N–H and O–H groups in total. The van der Waals surface area contributed by atoms with E-state index >= 15 is 0 Å². The van der Waals surface area contributed by atoms with E-state index in [1.807, 2.05) is 0 Å². The first-order chi connectivity index (χ1) is 5.52. The minimum atomic E-state index is -2.75. The maximum absolute atomic E-state index is 12.3. The van der Waals surface area contributed by atoms with E-state index in [0.717, 1.165) is 0 Å². The van der Waals surface area contributed by atoms with Crippen LogP contribution in [0.5, 0.6) is 0 Å². The molecule has 0 saturated carbocycles. The first kappa shape index (κ1) is 9.21. The predicted molar refractivity (Wildman–Crippen MR) is 33.5 cm³/mol. The smallest absolute Gasteiger partial charge is 0.194 e. The van der Waals surface area contributed by atoms with Crippen LogP contribution in [0, 0.1) is 17.5 Å². The summed E-state index contributed by atoms with van der Waals surface area (Å²) in [5.74, 6) is -4.72. The zero-order chi connectivity index (χ0) is 9.30. The van der Waals surface area contributed by atoms with Crippen molar-refractivity contribution in [1.29, 1.82) is 0 Å². The maximum atomic E-state index is 12.3. The number of benzene rings is 1. The SMILES string of the molecule is O=S([O-])c1cc(F)c(F)c(F)c1. The van der Waals surface area contributed by atoms with Crippen LogP contribution in [0.25, 0.3) is 0 Å². The molecule has 0 aliphatic heterocycles. The Kier molecular flexibility index (Phi) is 2.49. The molecular formula is C6H2F3O2S-. The van der Waals surface area contributed by atoms with Gasteiger partial charge in [-0.15, -0.1) is 0 Å². The standard InChI is InChI=1S/C6H3F3O2S/c7-4-1-3(12(10)11)2-5(8)6(4)9/h1-2H,(H,10,11)/p-1. The van der Waals surface area contributed by atoms with E-state index in [2.05, 4.69) is 0 Å². The molecule has 0 radical (unpaired) electrons. The van der Waals surface area contributed by atoms with Gasteiger partial charge < -0.3 is 4.55 Å². The number of rotatable bonds is 1. The Balaban J connectivity index is 3.31. The van der Waals surface area contributed by atoms with Crippen LogP contribution in [0.15, 0.2) is 17.0 Å². The normalized spacial score (nSPS) is 13.0. The van der Waals surface area contributed by atoms with E-state index in [-0.39, 0.29) is 0 Å². The molecule has 1 aromatic rings. The van der Waals surface area contributed by atoms with Gasteiger partial charge in [0.05, 0.1) is 0 Å². The van der Waals surface area contributed by atoms with Gasteiger partial charge in [0.2, 0.25) is 0 Å². The third-order valence-corrected chi connectivity index (χ3v) is 1.77. The summed E-state index contributed by atoms with van der Waals surface area (Å²) in [5, 5.41) is 0. The molecule has 0 aliphatic carbocycles. The fourth-order valence-corrected chi connectivity index (χ4v) is 1.03. The van der Waals surface area contributed by atoms with Gasteiger partial charge in [0.25, 0.3) is 0 Å². The molecule has 0 heterocycles. The second-order valence-corrected chi connectivity index (χ2v) is 2.88. The van der Waals surface area contributed by atoms with Crippen LogP contribution in [0.4, 0.5) is 13.2 Å². The molecule has 1 aromatic carbocycles. The lowest BCUT2D eigenvalue weighted by Gasteiger charge is -2.05. The zero-order valence-electron chi connectivity index (χ0n) is 5.51. The summed E-state index contributed by atoms with van der Waals surface area (Å²) < 4.78 is 57.2. The minimum absolute atomic E-state index is 0.404. The van der Waals surface area contributed by atoms with E-state index in [9.17, 15) is 21.9 Å². The van der Waals surface area contributed by atoms with Gasteiger partial charge in [-0.2, -0.15) is 0 Å². The Labute approximate surface area is 68.3 Å². The Hall–Kier alpha value is -0.880. The summed E-state index contributed by atoms with van der Waals surface area (Å²) in [7, 11) is 0. The van der Waals surface area contributed by atoms with Crippen molar-refractivity contribution in [1.82, 2.24) is 0 Å². The van der Waals surface area contributed by atoms with E-state index in [1.165, 1.54) is 0 Å². The van der Waals surface area contributed by atoms with Crippen LogP contribution in [0.2, 0.25) is 0 Å². The van der Waals surface area contributed by atoms with Gasteiger partial charge in [0, 0.05) is 4.90 Å². The Bertz CT molecular complexity index is 317. The topological polar surface area (TPSA) is 40.1 Å². The quantitative estimate of drug-likeness (QED) is 0.501. The number of halogens is 3. The van der Waals surface area contributed by atoms with E-state index in [0.29, 0.717) is 12.1 Å². The Morgan fingerprint density at radius 1 is 1.17 bits per heavy atom. The first-order valence-corrected chi connectivity index (χ1v) is 3.83. The molecule has 2 nitrogen and oxygen atoms in total. The Morgan fingerprint density at radius 2 is 1.58 bits per heavy atom.